The minimum absolute atomic E-state index is 0.0508. The number of thioether (sulfide) groups is 1. The van der Waals surface area contributed by atoms with Crippen LogP contribution in [0.2, 0.25) is 0 Å². The minimum atomic E-state index is -0.0614. The van der Waals surface area contributed by atoms with E-state index >= 15 is 0 Å². The molecule has 2 aliphatic rings. The molecule has 2 aliphatic heterocycles. The Balaban J connectivity index is 1.55. The smallest absolute Gasteiger partial charge is 0.266 e. The van der Waals surface area contributed by atoms with Crippen LogP contribution in [0.5, 0.6) is 0 Å². The zero-order valence-electron chi connectivity index (χ0n) is 16.2. The number of thiocarbonyl (C=S) groups is 1. The van der Waals surface area contributed by atoms with Gasteiger partial charge in [0, 0.05) is 42.4 Å². The van der Waals surface area contributed by atoms with Gasteiger partial charge in [-0.1, -0.05) is 42.2 Å². The first-order chi connectivity index (χ1) is 14.1. The molecule has 0 radical (unpaired) electrons. The molecule has 1 atom stereocenters. The van der Waals surface area contributed by atoms with Crippen LogP contribution in [0.25, 0.3) is 17.0 Å². The average molecular weight is 430 g/mol. The van der Waals surface area contributed by atoms with Gasteiger partial charge in [-0.3, -0.25) is 14.5 Å². The van der Waals surface area contributed by atoms with E-state index in [1.807, 2.05) is 48.0 Å². The highest BCUT2D eigenvalue weighted by molar-refractivity contribution is 8.26. The van der Waals surface area contributed by atoms with Crippen LogP contribution in [0.15, 0.2) is 35.4 Å². The lowest BCUT2D eigenvalue weighted by Gasteiger charge is -2.11. The van der Waals surface area contributed by atoms with Gasteiger partial charge in [0.05, 0.1) is 11.0 Å². The number of benzene rings is 1. The summed E-state index contributed by atoms with van der Waals surface area (Å²) in [4.78, 5) is 27.2. The first-order valence-corrected chi connectivity index (χ1v) is 11.0. The van der Waals surface area contributed by atoms with Crippen molar-refractivity contribution in [3.63, 3.8) is 0 Å². The van der Waals surface area contributed by atoms with E-state index in [4.69, 9.17) is 17.0 Å². The van der Waals surface area contributed by atoms with Crippen LogP contribution < -0.4 is 5.32 Å². The van der Waals surface area contributed by atoms with Gasteiger partial charge in [0.2, 0.25) is 5.91 Å². The summed E-state index contributed by atoms with van der Waals surface area (Å²) in [6.07, 6.45) is 5.97. The number of carbonyl (C=O) groups is 2. The quantitative estimate of drug-likeness (QED) is 0.565. The molecule has 2 fully saturated rings. The number of nitrogens with one attached hydrogen (secondary N) is 1. The third kappa shape index (κ3) is 4.24. The Morgan fingerprint density at radius 1 is 1.41 bits per heavy atom. The Kier molecular flexibility index (Phi) is 6.03. The van der Waals surface area contributed by atoms with Gasteiger partial charge in [0.1, 0.15) is 10.9 Å². The van der Waals surface area contributed by atoms with E-state index in [2.05, 4.69) is 5.32 Å². The van der Waals surface area contributed by atoms with Gasteiger partial charge >= 0.3 is 0 Å². The number of ether oxygens (including phenoxy) is 1. The van der Waals surface area contributed by atoms with E-state index < -0.39 is 0 Å². The number of rotatable bonds is 6. The van der Waals surface area contributed by atoms with Crippen LogP contribution in [-0.4, -0.2) is 51.4 Å². The molecular weight excluding hydrogens is 406 g/mol. The first kappa shape index (κ1) is 20.1. The molecule has 1 N–H and O–H groups in total. The van der Waals surface area contributed by atoms with Gasteiger partial charge in [-0.25, -0.2) is 0 Å². The fourth-order valence-electron chi connectivity index (χ4n) is 3.68. The Morgan fingerprint density at radius 3 is 2.97 bits per heavy atom. The van der Waals surface area contributed by atoms with E-state index in [0.29, 0.717) is 22.3 Å². The van der Waals surface area contributed by atoms with Crippen LogP contribution in [-0.2, 0) is 20.9 Å². The SMILES string of the molecule is CCN1C(=O)/C(=C/c2cn(CC(=O)NC[C@H]3CCCO3)c3ccccc23)SC1=S. The largest absolute Gasteiger partial charge is 0.376 e. The van der Waals surface area contributed by atoms with Gasteiger partial charge < -0.3 is 14.6 Å². The maximum atomic E-state index is 12.5. The number of carbonyl (C=O) groups excluding carboxylic acids is 2. The van der Waals surface area contributed by atoms with Crippen molar-refractivity contribution in [2.24, 2.45) is 0 Å². The van der Waals surface area contributed by atoms with Crippen molar-refractivity contribution in [3.05, 3.63) is 40.9 Å². The molecular formula is C21H23N3O3S2. The molecule has 0 aliphatic carbocycles. The van der Waals surface area contributed by atoms with Gasteiger partial charge in [0.15, 0.2) is 0 Å². The molecule has 2 saturated heterocycles. The van der Waals surface area contributed by atoms with Gasteiger partial charge in [-0.05, 0) is 31.9 Å². The maximum Gasteiger partial charge on any atom is 0.266 e. The number of hydrogen-bond donors (Lipinski definition) is 1. The maximum absolute atomic E-state index is 12.5. The highest BCUT2D eigenvalue weighted by Crippen LogP contribution is 2.34. The molecule has 152 valence electrons. The summed E-state index contributed by atoms with van der Waals surface area (Å²) in [5.41, 5.74) is 1.86. The molecule has 29 heavy (non-hydrogen) atoms. The average Bonchev–Trinajstić information content (AvgIpc) is 3.41. The standard InChI is InChI=1S/C21H23N3O3S2/c1-2-24-20(26)18(29-21(24)28)10-14-12-23(17-8-4-3-7-16(14)17)13-19(25)22-11-15-6-5-9-27-15/h3-4,7-8,10,12,15H,2,5-6,9,11,13H2,1H3,(H,22,25)/b18-10-/t15-/m1/s1. The number of aromatic nitrogens is 1. The Hall–Kier alpha value is -2.16. The molecule has 3 heterocycles. The summed E-state index contributed by atoms with van der Waals surface area (Å²) in [6, 6.07) is 7.89. The normalized spacial score (nSPS) is 20.9. The Morgan fingerprint density at radius 2 is 2.24 bits per heavy atom. The molecule has 2 aromatic rings. The van der Waals surface area contributed by atoms with Crippen molar-refractivity contribution in [1.29, 1.82) is 0 Å². The monoisotopic (exact) mass is 429 g/mol. The predicted molar refractivity (Wildman–Crippen MR) is 119 cm³/mol. The lowest BCUT2D eigenvalue weighted by atomic mass is 10.1. The second-order valence-electron chi connectivity index (χ2n) is 7.09. The lowest BCUT2D eigenvalue weighted by molar-refractivity contribution is -0.122. The summed E-state index contributed by atoms with van der Waals surface area (Å²) in [5, 5.41) is 3.97. The number of likely N-dealkylation sites (N-methyl/N-ethyl adjacent to an activating group) is 1. The Bertz CT molecular complexity index is 992. The fourth-order valence-corrected chi connectivity index (χ4v) is 5.05. The van der Waals surface area contributed by atoms with E-state index in [-0.39, 0.29) is 24.5 Å². The molecule has 1 aromatic carbocycles. The molecule has 4 rings (SSSR count). The third-order valence-electron chi connectivity index (χ3n) is 5.16. The van der Waals surface area contributed by atoms with Crippen LogP contribution in [0.1, 0.15) is 25.3 Å². The molecule has 0 spiro atoms. The van der Waals surface area contributed by atoms with Gasteiger partial charge in [-0.2, -0.15) is 0 Å². The van der Waals surface area contributed by atoms with Crippen molar-refractivity contribution in [2.45, 2.75) is 32.4 Å². The predicted octanol–water partition coefficient (Wildman–Crippen LogP) is 3.16. The van der Waals surface area contributed by atoms with E-state index in [9.17, 15) is 9.59 Å². The second kappa shape index (κ2) is 8.69. The van der Waals surface area contributed by atoms with Crippen LogP contribution in [0.3, 0.4) is 0 Å². The topological polar surface area (TPSA) is 63.6 Å². The van der Waals surface area contributed by atoms with E-state index in [1.54, 1.807) is 4.90 Å². The molecule has 0 bridgehead atoms. The highest BCUT2D eigenvalue weighted by Gasteiger charge is 2.30. The van der Waals surface area contributed by atoms with Crippen molar-refractivity contribution in [3.8, 4) is 0 Å². The number of nitrogens with zero attached hydrogens (tertiary/aromatic N) is 2. The zero-order valence-corrected chi connectivity index (χ0v) is 17.9. The molecule has 0 unspecified atom stereocenters. The van der Waals surface area contributed by atoms with Crippen molar-refractivity contribution >= 4 is 57.1 Å². The number of amides is 2. The van der Waals surface area contributed by atoms with E-state index in [1.165, 1.54) is 11.8 Å². The lowest BCUT2D eigenvalue weighted by Crippen LogP contribution is -2.34. The summed E-state index contributed by atoms with van der Waals surface area (Å²) in [6.45, 7) is 4.02. The van der Waals surface area contributed by atoms with Crippen LogP contribution >= 0.6 is 24.0 Å². The number of para-hydroxylation sites is 1. The zero-order chi connectivity index (χ0) is 20.4. The molecule has 0 saturated carbocycles. The summed E-state index contributed by atoms with van der Waals surface area (Å²) in [5.74, 6) is -0.112. The van der Waals surface area contributed by atoms with Gasteiger partial charge in [0.25, 0.3) is 5.91 Å². The van der Waals surface area contributed by atoms with Crippen molar-refractivity contribution in [2.75, 3.05) is 19.7 Å². The number of fused-ring (bicyclic) bond motifs is 1. The van der Waals surface area contributed by atoms with Crippen LogP contribution in [0, 0.1) is 0 Å². The van der Waals surface area contributed by atoms with Crippen LogP contribution in [0.4, 0.5) is 0 Å². The second-order valence-corrected chi connectivity index (χ2v) is 8.77. The molecule has 8 heteroatoms. The van der Waals surface area contributed by atoms with E-state index in [0.717, 1.165) is 35.9 Å². The number of hydrogen-bond acceptors (Lipinski definition) is 5. The third-order valence-corrected chi connectivity index (χ3v) is 6.54. The highest BCUT2D eigenvalue weighted by atomic mass is 32.2. The summed E-state index contributed by atoms with van der Waals surface area (Å²) >= 11 is 6.62. The molecule has 6 nitrogen and oxygen atoms in total. The van der Waals surface area contributed by atoms with Gasteiger partial charge in [-0.15, -0.1) is 0 Å². The molecule has 2 amide bonds. The molecule has 1 aromatic heterocycles. The first-order valence-electron chi connectivity index (χ1n) is 9.78. The minimum Gasteiger partial charge on any atom is -0.376 e. The summed E-state index contributed by atoms with van der Waals surface area (Å²) in [7, 11) is 0. The van der Waals surface area contributed by atoms with Crippen molar-refractivity contribution < 1.29 is 14.3 Å². The summed E-state index contributed by atoms with van der Waals surface area (Å²) < 4.78 is 8.07. The van der Waals surface area contributed by atoms with Crippen molar-refractivity contribution in [1.82, 2.24) is 14.8 Å². The fraction of sp³-hybridized carbons (Fsp3) is 0.381. The Labute approximate surface area is 179 Å².